The van der Waals surface area contributed by atoms with Gasteiger partial charge < -0.3 is 35.6 Å². The van der Waals surface area contributed by atoms with Gasteiger partial charge in [-0.25, -0.2) is 18.7 Å². The molecule has 16 heteroatoms. The molecule has 5 N–H and O–H groups in total. The van der Waals surface area contributed by atoms with Gasteiger partial charge in [0.05, 0.1) is 24.4 Å². The Morgan fingerprint density at radius 1 is 0.965 bits per heavy atom. The average Bonchev–Trinajstić information content (AvgIpc) is 3.21. The third kappa shape index (κ3) is 9.45. The first-order chi connectivity index (χ1) is 27.6. The van der Waals surface area contributed by atoms with Gasteiger partial charge in [-0.05, 0) is 74.8 Å². The summed E-state index contributed by atoms with van der Waals surface area (Å²) in [5, 5.41) is 8.96. The van der Waals surface area contributed by atoms with E-state index < -0.39 is 35.3 Å². The number of nitrogens with two attached hydrogens (primary N) is 1. The van der Waals surface area contributed by atoms with E-state index in [9.17, 15) is 14.4 Å². The predicted molar refractivity (Wildman–Crippen MR) is 212 cm³/mol. The second-order valence-corrected chi connectivity index (χ2v) is 15.3. The number of carbonyl (C=O) groups excluding carboxylic acids is 3. The molecule has 0 aliphatic carbocycles. The van der Waals surface area contributed by atoms with Crippen LogP contribution in [-0.2, 0) is 27.2 Å². The number of aryl methyl sites for hydroxylation is 1. The maximum Gasteiger partial charge on any atom is 0.271 e. The average molecular weight is 790 g/mol. The van der Waals surface area contributed by atoms with Crippen LogP contribution in [0.5, 0.6) is 5.75 Å². The Morgan fingerprint density at radius 3 is 2.33 bits per heavy atom. The SMILES string of the molecule is CCc1nc(C(N)=O)c(Nc2ccc(N3CCC(N4CCN(CCc5cc(F)c(C6CCC(=O)NC6=O)c(F)c5)CC4)CC3)c(OC)c2)nc1NC1CCOCC1. The molecular formula is C41H53F2N9O5. The number of piperazine rings is 1. The molecule has 7 rings (SSSR count). The fraction of sp³-hybridized carbons (Fsp3) is 0.537. The van der Waals surface area contributed by atoms with Crippen molar-refractivity contribution in [1.82, 2.24) is 25.1 Å². The minimum absolute atomic E-state index is 0.0636. The third-order valence-corrected chi connectivity index (χ3v) is 11.7. The second-order valence-electron chi connectivity index (χ2n) is 15.3. The van der Waals surface area contributed by atoms with Gasteiger partial charge in [0.2, 0.25) is 11.8 Å². The van der Waals surface area contributed by atoms with E-state index in [4.69, 9.17) is 20.2 Å². The van der Waals surface area contributed by atoms with Crippen LogP contribution in [0, 0.1) is 11.6 Å². The summed E-state index contributed by atoms with van der Waals surface area (Å²) in [6, 6.07) is 9.20. The number of nitrogens with zero attached hydrogens (tertiary/aromatic N) is 5. The summed E-state index contributed by atoms with van der Waals surface area (Å²) >= 11 is 0. The van der Waals surface area contributed by atoms with E-state index in [1.165, 1.54) is 12.1 Å². The Labute approximate surface area is 331 Å². The number of halogens is 2. The van der Waals surface area contributed by atoms with Gasteiger partial charge in [0.25, 0.3) is 5.91 Å². The molecule has 14 nitrogen and oxygen atoms in total. The molecular weight excluding hydrogens is 737 g/mol. The minimum atomic E-state index is -0.995. The number of primary amides is 1. The lowest BCUT2D eigenvalue weighted by Crippen LogP contribution is -2.53. The van der Waals surface area contributed by atoms with Gasteiger partial charge in [0, 0.05) is 94.8 Å². The first-order valence-electron chi connectivity index (χ1n) is 20.1. The number of piperidine rings is 2. The maximum absolute atomic E-state index is 15.0. The van der Waals surface area contributed by atoms with Crippen molar-refractivity contribution in [2.24, 2.45) is 5.73 Å². The number of anilines is 4. The molecule has 306 valence electrons. The van der Waals surface area contributed by atoms with E-state index in [0.29, 0.717) is 67.2 Å². The smallest absolute Gasteiger partial charge is 0.271 e. The van der Waals surface area contributed by atoms with Gasteiger partial charge in [-0.15, -0.1) is 0 Å². The van der Waals surface area contributed by atoms with Crippen LogP contribution in [0.4, 0.5) is 31.8 Å². The molecule has 0 bridgehead atoms. The first-order valence-corrected chi connectivity index (χ1v) is 20.1. The molecule has 4 fully saturated rings. The Kier molecular flexibility index (Phi) is 12.8. The van der Waals surface area contributed by atoms with E-state index in [2.05, 4.69) is 35.6 Å². The quantitative estimate of drug-likeness (QED) is 0.184. The second kappa shape index (κ2) is 18.1. The van der Waals surface area contributed by atoms with Crippen LogP contribution in [0.1, 0.15) is 78.7 Å². The van der Waals surface area contributed by atoms with Crippen molar-refractivity contribution in [2.75, 3.05) is 81.7 Å². The fourth-order valence-corrected chi connectivity index (χ4v) is 8.47. The molecule has 0 spiro atoms. The van der Waals surface area contributed by atoms with Gasteiger partial charge in [0.15, 0.2) is 17.3 Å². The van der Waals surface area contributed by atoms with Crippen LogP contribution in [0.15, 0.2) is 30.3 Å². The number of hydrogen-bond donors (Lipinski definition) is 4. The Balaban J connectivity index is 0.911. The number of aromatic nitrogens is 2. The molecule has 1 unspecified atom stereocenters. The van der Waals surface area contributed by atoms with E-state index >= 15 is 8.78 Å². The highest BCUT2D eigenvalue weighted by Gasteiger charge is 2.33. The molecule has 4 aliphatic rings. The summed E-state index contributed by atoms with van der Waals surface area (Å²) < 4.78 is 41.4. The van der Waals surface area contributed by atoms with Crippen molar-refractivity contribution in [3.63, 3.8) is 0 Å². The van der Waals surface area contributed by atoms with Crippen molar-refractivity contribution in [3.05, 3.63) is 64.5 Å². The zero-order valence-electron chi connectivity index (χ0n) is 32.8. The minimum Gasteiger partial charge on any atom is -0.495 e. The first kappa shape index (κ1) is 40.3. The summed E-state index contributed by atoms with van der Waals surface area (Å²) in [5.41, 5.74) is 8.51. The lowest BCUT2D eigenvalue weighted by Gasteiger charge is -2.43. The number of methoxy groups -OCH3 is 1. The standard InChI is InChI=1S/C41H53F2N9O5/c1-3-32-39(45-26-11-20-57-21-12-26)49-40(37(47-32)38(44)54)46-27-4-6-33(34(24-27)56-2)52-14-9-28(10-15-52)51-18-16-50(17-19-51)13-8-25-22-30(42)36(31(43)23-25)29-5-7-35(53)48-41(29)55/h4,6,22-24,26,28-29H,3,5,7-21H2,1-2H3,(H2,44,54)(H2,45,46,49)(H,48,53,55). The molecule has 4 aliphatic heterocycles. The number of rotatable bonds is 13. The molecule has 2 aromatic carbocycles. The van der Waals surface area contributed by atoms with Gasteiger partial charge in [0.1, 0.15) is 17.4 Å². The highest BCUT2D eigenvalue weighted by Crippen LogP contribution is 2.36. The van der Waals surface area contributed by atoms with Crippen molar-refractivity contribution in [1.29, 1.82) is 0 Å². The number of nitrogens with one attached hydrogen (secondary N) is 3. The molecule has 5 heterocycles. The van der Waals surface area contributed by atoms with Gasteiger partial charge >= 0.3 is 0 Å². The molecule has 4 saturated heterocycles. The fourth-order valence-electron chi connectivity index (χ4n) is 8.47. The largest absolute Gasteiger partial charge is 0.495 e. The maximum atomic E-state index is 15.0. The topological polar surface area (TPSA) is 167 Å². The molecule has 1 atom stereocenters. The molecule has 0 radical (unpaired) electrons. The number of benzene rings is 2. The van der Waals surface area contributed by atoms with Crippen LogP contribution in [0.2, 0.25) is 0 Å². The summed E-state index contributed by atoms with van der Waals surface area (Å²) in [4.78, 5) is 52.8. The number of carbonyl (C=O) groups is 3. The highest BCUT2D eigenvalue weighted by atomic mass is 19.1. The van der Waals surface area contributed by atoms with Crippen LogP contribution in [0.25, 0.3) is 0 Å². The monoisotopic (exact) mass is 789 g/mol. The summed E-state index contributed by atoms with van der Waals surface area (Å²) in [6.07, 6.45) is 4.99. The molecule has 0 saturated carbocycles. The van der Waals surface area contributed by atoms with Gasteiger partial charge in [-0.3, -0.25) is 24.6 Å². The van der Waals surface area contributed by atoms with Gasteiger partial charge in [-0.1, -0.05) is 6.92 Å². The highest BCUT2D eigenvalue weighted by molar-refractivity contribution is 6.01. The van der Waals surface area contributed by atoms with Crippen LogP contribution < -0.4 is 31.3 Å². The lowest BCUT2D eigenvalue weighted by molar-refractivity contribution is -0.134. The normalized spacial score (nSPS) is 20.4. The number of imide groups is 1. The van der Waals surface area contributed by atoms with E-state index in [1.54, 1.807) is 7.11 Å². The zero-order valence-corrected chi connectivity index (χ0v) is 32.8. The van der Waals surface area contributed by atoms with Crippen molar-refractivity contribution in [3.8, 4) is 5.75 Å². The van der Waals surface area contributed by atoms with Crippen molar-refractivity contribution in [2.45, 2.75) is 76.3 Å². The zero-order chi connectivity index (χ0) is 40.1. The van der Waals surface area contributed by atoms with Crippen LogP contribution in [0.3, 0.4) is 0 Å². The molecule has 3 aromatic rings. The van der Waals surface area contributed by atoms with Crippen molar-refractivity contribution >= 4 is 40.7 Å². The number of hydrogen-bond acceptors (Lipinski definition) is 12. The Hall–Kier alpha value is -4.93. The van der Waals surface area contributed by atoms with Crippen LogP contribution >= 0.6 is 0 Å². The van der Waals surface area contributed by atoms with Gasteiger partial charge in [-0.2, -0.15) is 0 Å². The van der Waals surface area contributed by atoms with Crippen molar-refractivity contribution < 1.29 is 32.6 Å². The van der Waals surface area contributed by atoms with E-state index in [1.807, 2.05) is 25.1 Å². The predicted octanol–water partition coefficient (Wildman–Crippen LogP) is 4.11. The summed E-state index contributed by atoms with van der Waals surface area (Å²) in [6.45, 7) is 9.36. The van der Waals surface area contributed by atoms with Crippen LogP contribution in [-0.4, -0.2) is 116 Å². The van der Waals surface area contributed by atoms with E-state index in [-0.39, 0.29) is 36.0 Å². The Bertz CT molecular complexity index is 1920. The third-order valence-electron chi connectivity index (χ3n) is 11.7. The lowest BCUT2D eigenvalue weighted by atomic mass is 9.89. The number of amides is 3. The Morgan fingerprint density at radius 2 is 1.68 bits per heavy atom. The molecule has 3 amide bonds. The number of ether oxygens (including phenoxy) is 2. The summed E-state index contributed by atoms with van der Waals surface area (Å²) in [5.74, 6) is -2.57. The summed E-state index contributed by atoms with van der Waals surface area (Å²) in [7, 11) is 1.65. The molecule has 1 aromatic heterocycles. The molecule has 57 heavy (non-hydrogen) atoms. The van der Waals surface area contributed by atoms with E-state index in [0.717, 1.165) is 70.6 Å².